The summed E-state index contributed by atoms with van der Waals surface area (Å²) in [6, 6.07) is 13.2. The predicted molar refractivity (Wildman–Crippen MR) is 121 cm³/mol. The van der Waals surface area contributed by atoms with Crippen molar-refractivity contribution >= 4 is 21.2 Å². The van der Waals surface area contributed by atoms with Gasteiger partial charge in [-0.25, -0.2) is 8.42 Å². The van der Waals surface area contributed by atoms with Crippen LogP contribution in [0, 0.1) is 0 Å². The Morgan fingerprint density at radius 2 is 1.93 bits per heavy atom. The van der Waals surface area contributed by atoms with Crippen molar-refractivity contribution < 1.29 is 8.42 Å². The smallest absolute Gasteiger partial charge is 0.180 e. The molecule has 0 aromatic heterocycles. The van der Waals surface area contributed by atoms with Crippen molar-refractivity contribution in [2.24, 2.45) is 0 Å². The topological polar surface area (TPSA) is 75.4 Å². The highest BCUT2D eigenvalue weighted by atomic mass is 32.2. The monoisotopic (exact) mass is 415 g/mol. The average Bonchev–Trinajstić information content (AvgIpc) is 2.78. The molecule has 0 spiro atoms. The first-order valence-electron chi connectivity index (χ1n) is 10.4. The highest BCUT2D eigenvalue weighted by molar-refractivity contribution is 7.91. The Hall–Kier alpha value is -2.05. The average molecular weight is 416 g/mol. The van der Waals surface area contributed by atoms with Gasteiger partial charge in [0.1, 0.15) is 0 Å². The van der Waals surface area contributed by atoms with Crippen LogP contribution in [0.4, 0.5) is 11.4 Å². The normalized spacial score (nSPS) is 23.2. The second-order valence-corrected chi connectivity index (χ2v) is 10.3. The number of hydrogen-bond acceptors (Lipinski definition) is 5. The van der Waals surface area contributed by atoms with Crippen molar-refractivity contribution in [2.75, 3.05) is 30.5 Å². The van der Waals surface area contributed by atoms with E-state index < -0.39 is 15.4 Å². The number of rotatable bonds is 6. The Morgan fingerprint density at radius 3 is 2.55 bits per heavy atom. The molecule has 3 rings (SSSR count). The van der Waals surface area contributed by atoms with Crippen molar-refractivity contribution in [3.63, 3.8) is 0 Å². The van der Waals surface area contributed by atoms with Crippen LogP contribution in [-0.4, -0.2) is 33.8 Å². The number of nitrogens with zero attached hydrogens (tertiary/aromatic N) is 1. The molecule has 6 heteroatoms. The van der Waals surface area contributed by atoms with Crippen LogP contribution in [-0.2, 0) is 9.84 Å². The first-order valence-corrected chi connectivity index (χ1v) is 12.0. The summed E-state index contributed by atoms with van der Waals surface area (Å²) in [6.45, 7) is 4.22. The van der Waals surface area contributed by atoms with E-state index in [9.17, 15) is 8.42 Å². The first-order chi connectivity index (χ1) is 13.7. The third kappa shape index (κ3) is 4.43. The maximum atomic E-state index is 13.5. The van der Waals surface area contributed by atoms with Crippen LogP contribution >= 0.6 is 0 Å². The van der Waals surface area contributed by atoms with Gasteiger partial charge in [0.25, 0.3) is 0 Å². The van der Waals surface area contributed by atoms with Crippen molar-refractivity contribution in [3.05, 3.63) is 53.6 Å². The molecule has 2 unspecified atom stereocenters. The van der Waals surface area contributed by atoms with Gasteiger partial charge >= 0.3 is 0 Å². The van der Waals surface area contributed by atoms with Crippen molar-refractivity contribution in [1.82, 2.24) is 5.32 Å². The fraction of sp³-hybridized carbons (Fsp3) is 0.478. The quantitative estimate of drug-likeness (QED) is 0.694. The number of hydrogen-bond donors (Lipinski definition) is 2. The molecule has 2 aromatic carbocycles. The molecule has 29 heavy (non-hydrogen) atoms. The fourth-order valence-electron chi connectivity index (χ4n) is 4.23. The van der Waals surface area contributed by atoms with Crippen LogP contribution in [0.25, 0.3) is 0 Å². The molecular weight excluding hydrogens is 382 g/mol. The molecule has 3 N–H and O–H groups in total. The minimum Gasteiger partial charge on any atom is -0.399 e. The number of sulfone groups is 1. The van der Waals surface area contributed by atoms with Gasteiger partial charge in [-0.05, 0) is 54.3 Å². The second-order valence-electron chi connectivity index (χ2n) is 8.36. The van der Waals surface area contributed by atoms with Crippen LogP contribution in [0.5, 0.6) is 0 Å². The number of nitrogen functional groups attached to an aromatic ring is 1. The minimum absolute atomic E-state index is 0.115. The number of nitrogens with two attached hydrogens (primary N) is 1. The van der Waals surface area contributed by atoms with E-state index in [1.54, 1.807) is 6.07 Å². The summed E-state index contributed by atoms with van der Waals surface area (Å²) in [5.74, 6) is 0.115. The summed E-state index contributed by atoms with van der Waals surface area (Å²) in [4.78, 5) is 2.42. The molecule has 1 aliphatic heterocycles. The first kappa shape index (κ1) is 21.7. The molecule has 0 saturated carbocycles. The molecule has 0 fully saturated rings. The summed E-state index contributed by atoms with van der Waals surface area (Å²) in [6.07, 6.45) is 3.59. The Bertz CT molecular complexity index is 972. The molecule has 0 amide bonds. The second kappa shape index (κ2) is 8.36. The standard InChI is InChI=1S/C23H33N3O2S/c1-5-7-13-23(6-2)16-29(27,28)21-12-11-19(26(3)4)15-20(21)22(25-23)17-9-8-10-18(24)14-17/h8-12,14-15,22,25H,5-7,13,16,24H2,1-4H3. The van der Waals surface area contributed by atoms with E-state index in [0.717, 1.165) is 42.5 Å². The van der Waals surface area contributed by atoms with Gasteiger partial charge in [-0.15, -0.1) is 0 Å². The molecule has 0 aliphatic carbocycles. The zero-order chi connectivity index (χ0) is 21.2. The minimum atomic E-state index is -3.43. The van der Waals surface area contributed by atoms with Crippen LogP contribution in [0.3, 0.4) is 0 Å². The van der Waals surface area contributed by atoms with E-state index in [2.05, 4.69) is 19.2 Å². The lowest BCUT2D eigenvalue weighted by atomic mass is 9.88. The van der Waals surface area contributed by atoms with Gasteiger partial charge < -0.3 is 10.6 Å². The van der Waals surface area contributed by atoms with Crippen LogP contribution < -0.4 is 16.0 Å². The Morgan fingerprint density at radius 1 is 1.17 bits per heavy atom. The predicted octanol–water partition coefficient (Wildman–Crippen LogP) is 4.14. The molecule has 0 saturated heterocycles. The lowest BCUT2D eigenvalue weighted by Crippen LogP contribution is -2.50. The summed E-state index contributed by atoms with van der Waals surface area (Å²) in [5.41, 5.74) is 9.06. The summed E-state index contributed by atoms with van der Waals surface area (Å²) < 4.78 is 27.0. The molecule has 1 heterocycles. The Balaban J connectivity index is 2.25. The Kier molecular flexibility index (Phi) is 6.24. The molecule has 5 nitrogen and oxygen atoms in total. The van der Waals surface area contributed by atoms with Crippen LogP contribution in [0.15, 0.2) is 47.4 Å². The van der Waals surface area contributed by atoms with Gasteiger partial charge in [0, 0.05) is 31.0 Å². The molecule has 0 bridgehead atoms. The number of unbranched alkanes of at least 4 members (excludes halogenated alkanes) is 1. The van der Waals surface area contributed by atoms with Gasteiger partial charge in [0.2, 0.25) is 0 Å². The third-order valence-corrected chi connectivity index (χ3v) is 7.98. The fourth-order valence-corrected chi connectivity index (χ4v) is 6.36. The number of benzene rings is 2. The van der Waals surface area contributed by atoms with Crippen LogP contribution in [0.1, 0.15) is 56.7 Å². The largest absolute Gasteiger partial charge is 0.399 e. The third-order valence-electron chi connectivity index (χ3n) is 6.00. The van der Waals surface area contributed by atoms with Gasteiger partial charge in [-0.3, -0.25) is 5.32 Å². The highest BCUT2D eigenvalue weighted by Crippen LogP contribution is 2.39. The van der Waals surface area contributed by atoms with E-state index in [-0.39, 0.29) is 11.8 Å². The van der Waals surface area contributed by atoms with Crippen molar-refractivity contribution in [3.8, 4) is 0 Å². The maximum absolute atomic E-state index is 13.5. The number of nitrogens with one attached hydrogen (secondary N) is 1. The molecule has 2 atom stereocenters. The van der Waals surface area contributed by atoms with E-state index in [1.165, 1.54) is 0 Å². The molecular formula is C23H33N3O2S. The van der Waals surface area contributed by atoms with Crippen LogP contribution in [0.2, 0.25) is 0 Å². The maximum Gasteiger partial charge on any atom is 0.180 e. The lowest BCUT2D eigenvalue weighted by molar-refractivity contribution is 0.295. The van der Waals surface area contributed by atoms with E-state index in [0.29, 0.717) is 10.6 Å². The molecule has 0 radical (unpaired) electrons. The Labute approximate surface area is 175 Å². The lowest BCUT2D eigenvalue weighted by Gasteiger charge is -2.36. The van der Waals surface area contributed by atoms with E-state index >= 15 is 0 Å². The zero-order valence-corrected chi connectivity index (χ0v) is 18.7. The van der Waals surface area contributed by atoms with Gasteiger partial charge in [-0.2, -0.15) is 0 Å². The molecule has 1 aliphatic rings. The SMILES string of the molecule is CCCCC1(CC)CS(=O)(=O)c2ccc(N(C)C)cc2C(c2cccc(N)c2)N1. The van der Waals surface area contributed by atoms with Gasteiger partial charge in [-0.1, -0.05) is 38.8 Å². The molecule has 2 aromatic rings. The summed E-state index contributed by atoms with van der Waals surface area (Å²) in [7, 11) is 0.497. The number of anilines is 2. The van der Waals surface area contributed by atoms with Gasteiger partial charge in [0.05, 0.1) is 16.7 Å². The van der Waals surface area contributed by atoms with E-state index in [1.807, 2.05) is 55.4 Å². The van der Waals surface area contributed by atoms with E-state index in [4.69, 9.17) is 5.73 Å². The zero-order valence-electron chi connectivity index (χ0n) is 17.9. The molecule has 158 valence electrons. The van der Waals surface area contributed by atoms with Crippen molar-refractivity contribution in [2.45, 2.75) is 56.0 Å². The van der Waals surface area contributed by atoms with Gasteiger partial charge in [0.15, 0.2) is 9.84 Å². The summed E-state index contributed by atoms with van der Waals surface area (Å²) in [5, 5.41) is 3.78. The van der Waals surface area contributed by atoms with Crippen molar-refractivity contribution in [1.29, 1.82) is 0 Å². The summed E-state index contributed by atoms with van der Waals surface area (Å²) >= 11 is 0. The highest BCUT2D eigenvalue weighted by Gasteiger charge is 2.41. The number of fused-ring (bicyclic) bond motifs is 1.